The van der Waals surface area contributed by atoms with Crippen LogP contribution in [0.3, 0.4) is 0 Å². The Morgan fingerprint density at radius 1 is 1.21 bits per heavy atom. The molecular formula is C13H14BrNO2S2. The molecule has 1 heterocycles. The highest BCUT2D eigenvalue weighted by molar-refractivity contribution is 9.11. The van der Waals surface area contributed by atoms with Gasteiger partial charge in [-0.2, -0.15) is 0 Å². The zero-order valence-electron chi connectivity index (χ0n) is 10.6. The molecule has 0 amide bonds. The van der Waals surface area contributed by atoms with Crippen molar-refractivity contribution >= 4 is 37.3 Å². The Hall–Kier alpha value is -0.690. The number of rotatable bonds is 4. The zero-order chi connectivity index (χ0) is 14.0. The maximum atomic E-state index is 12.2. The predicted octanol–water partition coefficient (Wildman–Crippen LogP) is 3.61. The first-order valence-electron chi connectivity index (χ1n) is 5.70. The van der Waals surface area contributed by atoms with E-state index in [-0.39, 0.29) is 0 Å². The van der Waals surface area contributed by atoms with Crippen LogP contribution in [0, 0.1) is 13.8 Å². The Kier molecular flexibility index (Phi) is 4.45. The van der Waals surface area contributed by atoms with Gasteiger partial charge in [0.2, 0.25) is 10.0 Å². The topological polar surface area (TPSA) is 46.2 Å². The molecule has 0 bridgehead atoms. The van der Waals surface area contributed by atoms with Gasteiger partial charge in [0, 0.05) is 6.54 Å². The lowest BCUT2D eigenvalue weighted by atomic mass is 10.1. The quantitative estimate of drug-likeness (QED) is 0.906. The minimum absolute atomic E-state index is 0.309. The number of hydrogen-bond donors (Lipinski definition) is 1. The van der Waals surface area contributed by atoms with E-state index in [1.165, 1.54) is 11.3 Å². The zero-order valence-corrected chi connectivity index (χ0v) is 13.8. The molecule has 0 spiro atoms. The highest BCUT2D eigenvalue weighted by Crippen LogP contribution is 2.30. The summed E-state index contributed by atoms with van der Waals surface area (Å²) < 4.78 is 28.1. The van der Waals surface area contributed by atoms with Gasteiger partial charge in [-0.1, -0.05) is 24.3 Å². The minimum atomic E-state index is -3.44. The van der Waals surface area contributed by atoms with Crippen molar-refractivity contribution < 1.29 is 8.42 Å². The van der Waals surface area contributed by atoms with Crippen molar-refractivity contribution in [1.29, 1.82) is 0 Å². The van der Waals surface area contributed by atoms with Crippen molar-refractivity contribution in [3.05, 3.63) is 50.8 Å². The maximum absolute atomic E-state index is 12.2. The Morgan fingerprint density at radius 2 is 1.89 bits per heavy atom. The molecular weight excluding hydrogens is 346 g/mol. The lowest BCUT2D eigenvalue weighted by Crippen LogP contribution is -2.22. The van der Waals surface area contributed by atoms with Crippen LogP contribution in [0.2, 0.25) is 0 Å². The predicted molar refractivity (Wildman–Crippen MR) is 82.0 cm³/mol. The van der Waals surface area contributed by atoms with Gasteiger partial charge in [0.1, 0.15) is 4.21 Å². The standard InChI is InChI=1S/C13H14BrNO2S2/c1-9-5-3-4-6-11(9)8-15-19(16,17)12-7-10(2)13(14)18-12/h3-7,15H,8H2,1-2H3. The van der Waals surface area contributed by atoms with E-state index in [1.807, 2.05) is 38.1 Å². The van der Waals surface area contributed by atoms with E-state index in [0.717, 1.165) is 20.5 Å². The van der Waals surface area contributed by atoms with Crippen LogP contribution >= 0.6 is 27.3 Å². The largest absolute Gasteiger partial charge is 0.250 e. The summed E-state index contributed by atoms with van der Waals surface area (Å²) in [4.78, 5) is 0. The molecule has 0 unspecified atom stereocenters. The van der Waals surface area contributed by atoms with Crippen LogP contribution < -0.4 is 4.72 Å². The Labute approximate surface area is 125 Å². The number of aryl methyl sites for hydroxylation is 2. The molecule has 0 saturated heterocycles. The fourth-order valence-electron chi connectivity index (χ4n) is 1.62. The lowest BCUT2D eigenvalue weighted by molar-refractivity contribution is 0.583. The molecule has 0 radical (unpaired) electrons. The van der Waals surface area contributed by atoms with Gasteiger partial charge in [0.05, 0.1) is 3.79 Å². The van der Waals surface area contributed by atoms with Crippen molar-refractivity contribution in [3.63, 3.8) is 0 Å². The summed E-state index contributed by atoms with van der Waals surface area (Å²) >= 11 is 4.57. The molecule has 1 N–H and O–H groups in total. The highest BCUT2D eigenvalue weighted by atomic mass is 79.9. The third-order valence-electron chi connectivity index (χ3n) is 2.81. The van der Waals surface area contributed by atoms with Gasteiger partial charge in [-0.15, -0.1) is 11.3 Å². The molecule has 6 heteroatoms. The van der Waals surface area contributed by atoms with Crippen molar-refractivity contribution in [2.75, 3.05) is 0 Å². The van der Waals surface area contributed by atoms with Gasteiger partial charge in [-0.25, -0.2) is 13.1 Å². The van der Waals surface area contributed by atoms with Gasteiger partial charge in [0.25, 0.3) is 0 Å². The van der Waals surface area contributed by atoms with E-state index in [1.54, 1.807) is 6.07 Å². The van der Waals surface area contributed by atoms with Crippen LogP contribution in [0.4, 0.5) is 0 Å². The summed E-state index contributed by atoms with van der Waals surface area (Å²) in [5.74, 6) is 0. The van der Waals surface area contributed by atoms with Gasteiger partial charge >= 0.3 is 0 Å². The van der Waals surface area contributed by atoms with Crippen LogP contribution in [0.15, 0.2) is 38.3 Å². The minimum Gasteiger partial charge on any atom is -0.206 e. The number of thiophene rings is 1. The van der Waals surface area contributed by atoms with E-state index >= 15 is 0 Å². The first-order valence-corrected chi connectivity index (χ1v) is 8.79. The van der Waals surface area contributed by atoms with Crippen molar-refractivity contribution in [3.8, 4) is 0 Å². The normalized spacial score (nSPS) is 11.7. The molecule has 0 aliphatic carbocycles. The highest BCUT2D eigenvalue weighted by Gasteiger charge is 2.18. The SMILES string of the molecule is Cc1ccccc1CNS(=O)(=O)c1cc(C)c(Br)s1. The number of sulfonamides is 1. The molecule has 1 aromatic heterocycles. The van der Waals surface area contributed by atoms with Crippen LogP contribution in [0.5, 0.6) is 0 Å². The van der Waals surface area contributed by atoms with E-state index in [2.05, 4.69) is 20.7 Å². The third-order valence-corrected chi connectivity index (χ3v) is 6.82. The van der Waals surface area contributed by atoms with E-state index in [4.69, 9.17) is 0 Å². The van der Waals surface area contributed by atoms with Gasteiger partial charge in [-0.3, -0.25) is 0 Å². The molecule has 2 aromatic rings. The summed E-state index contributed by atoms with van der Waals surface area (Å²) in [6.45, 7) is 4.15. The molecule has 1 aromatic carbocycles. The average molecular weight is 360 g/mol. The summed E-state index contributed by atoms with van der Waals surface area (Å²) in [5, 5.41) is 0. The van der Waals surface area contributed by atoms with Crippen LogP contribution in [0.25, 0.3) is 0 Å². The molecule has 0 saturated carbocycles. The average Bonchev–Trinajstić information content (AvgIpc) is 2.70. The van der Waals surface area contributed by atoms with Crippen LogP contribution in [0.1, 0.15) is 16.7 Å². The van der Waals surface area contributed by atoms with E-state index in [0.29, 0.717) is 10.8 Å². The summed E-state index contributed by atoms with van der Waals surface area (Å²) in [5.41, 5.74) is 2.99. The van der Waals surface area contributed by atoms with Gasteiger partial charge < -0.3 is 0 Å². The molecule has 19 heavy (non-hydrogen) atoms. The summed E-state index contributed by atoms with van der Waals surface area (Å²) in [6.07, 6.45) is 0. The van der Waals surface area contributed by atoms with Crippen LogP contribution in [-0.4, -0.2) is 8.42 Å². The van der Waals surface area contributed by atoms with Gasteiger partial charge in [0.15, 0.2) is 0 Å². The Morgan fingerprint density at radius 3 is 2.47 bits per heavy atom. The van der Waals surface area contributed by atoms with E-state index < -0.39 is 10.0 Å². The third kappa shape index (κ3) is 3.45. The fraction of sp³-hybridized carbons (Fsp3) is 0.231. The Balaban J connectivity index is 2.17. The number of hydrogen-bond acceptors (Lipinski definition) is 3. The molecule has 0 aliphatic rings. The molecule has 3 nitrogen and oxygen atoms in total. The molecule has 102 valence electrons. The van der Waals surface area contributed by atoms with Crippen molar-refractivity contribution in [2.45, 2.75) is 24.6 Å². The lowest BCUT2D eigenvalue weighted by Gasteiger charge is -2.07. The summed E-state index contributed by atoms with van der Waals surface area (Å²) in [7, 11) is -3.44. The second-order valence-electron chi connectivity index (χ2n) is 4.27. The molecule has 0 atom stereocenters. The first kappa shape index (κ1) is 14.7. The smallest absolute Gasteiger partial charge is 0.206 e. The maximum Gasteiger partial charge on any atom is 0.250 e. The van der Waals surface area contributed by atoms with Crippen molar-refractivity contribution in [2.24, 2.45) is 0 Å². The van der Waals surface area contributed by atoms with E-state index in [9.17, 15) is 8.42 Å². The Bertz CT molecular complexity index is 673. The first-order chi connectivity index (χ1) is 8.90. The second-order valence-corrected chi connectivity index (χ2v) is 8.64. The fourth-order valence-corrected chi connectivity index (χ4v) is 4.89. The summed E-state index contributed by atoms with van der Waals surface area (Å²) in [6, 6.07) is 9.41. The molecule has 0 fully saturated rings. The monoisotopic (exact) mass is 359 g/mol. The number of halogens is 1. The van der Waals surface area contributed by atoms with Crippen LogP contribution in [-0.2, 0) is 16.6 Å². The molecule has 0 aliphatic heterocycles. The number of nitrogens with one attached hydrogen (secondary N) is 1. The number of benzene rings is 1. The second kappa shape index (κ2) is 5.75. The molecule has 2 rings (SSSR count). The van der Waals surface area contributed by atoms with Gasteiger partial charge in [-0.05, 0) is 52.5 Å². The van der Waals surface area contributed by atoms with Crippen molar-refractivity contribution in [1.82, 2.24) is 4.72 Å².